The zero-order valence-electron chi connectivity index (χ0n) is 13.7. The van der Waals surface area contributed by atoms with Crippen LogP contribution in [0.1, 0.15) is 19.4 Å². The van der Waals surface area contributed by atoms with Gasteiger partial charge in [0.15, 0.2) is 11.5 Å². The largest absolute Gasteiger partial charge is 0.490 e. The van der Waals surface area contributed by atoms with Crippen molar-refractivity contribution in [2.45, 2.75) is 13.8 Å². The lowest BCUT2D eigenvalue weighted by Gasteiger charge is -2.13. The van der Waals surface area contributed by atoms with E-state index in [-0.39, 0.29) is 5.70 Å². The molecular weight excluding hydrogens is 352 g/mol. The Morgan fingerprint density at radius 3 is 2.56 bits per heavy atom. The summed E-state index contributed by atoms with van der Waals surface area (Å²) >= 11 is 6.20. The highest BCUT2D eigenvalue weighted by atomic mass is 35.5. The van der Waals surface area contributed by atoms with E-state index in [1.54, 1.807) is 19.1 Å². The number of amides is 3. The number of carbonyl (C=O) groups is 3. The third-order valence-corrected chi connectivity index (χ3v) is 3.47. The van der Waals surface area contributed by atoms with Crippen molar-refractivity contribution in [2.75, 3.05) is 19.8 Å². The monoisotopic (exact) mass is 368 g/mol. The number of nitrogens with zero attached hydrogens (tertiary/aromatic N) is 1. The Kier molecular flexibility index (Phi) is 5.87. The van der Waals surface area contributed by atoms with Crippen molar-refractivity contribution in [3.8, 4) is 11.5 Å². The van der Waals surface area contributed by atoms with E-state index in [4.69, 9.17) is 26.2 Å². The van der Waals surface area contributed by atoms with Gasteiger partial charge in [-0.2, -0.15) is 0 Å². The second-order valence-electron chi connectivity index (χ2n) is 4.97. The van der Waals surface area contributed by atoms with Gasteiger partial charge in [-0.3, -0.25) is 9.59 Å². The van der Waals surface area contributed by atoms with Gasteiger partial charge in [0.05, 0.1) is 18.2 Å². The average Bonchev–Trinajstić information content (AvgIpc) is 2.78. The molecule has 0 aliphatic carbocycles. The Bertz CT molecular complexity index is 746. The van der Waals surface area contributed by atoms with Crippen LogP contribution in [0.15, 0.2) is 17.8 Å². The molecule has 1 heterocycles. The number of halogens is 1. The van der Waals surface area contributed by atoms with Crippen LogP contribution in [0.3, 0.4) is 0 Å². The molecule has 1 aliphatic heterocycles. The van der Waals surface area contributed by atoms with E-state index >= 15 is 0 Å². The van der Waals surface area contributed by atoms with Gasteiger partial charge in [-0.05, 0) is 37.6 Å². The molecule has 0 atom stereocenters. The smallest absolute Gasteiger partial charge is 0.329 e. The maximum Gasteiger partial charge on any atom is 0.329 e. The number of aliphatic carboxylic acids is 1. The molecule has 1 aromatic rings. The third-order valence-electron chi connectivity index (χ3n) is 3.19. The van der Waals surface area contributed by atoms with Crippen LogP contribution in [0.2, 0.25) is 5.02 Å². The maximum atomic E-state index is 12.1. The van der Waals surface area contributed by atoms with E-state index in [2.05, 4.69) is 5.32 Å². The molecule has 3 amide bonds. The third kappa shape index (κ3) is 4.21. The van der Waals surface area contributed by atoms with Crippen LogP contribution in [0.5, 0.6) is 11.5 Å². The highest BCUT2D eigenvalue weighted by Crippen LogP contribution is 2.37. The van der Waals surface area contributed by atoms with Gasteiger partial charge in [-0.15, -0.1) is 0 Å². The van der Waals surface area contributed by atoms with Gasteiger partial charge in [0, 0.05) is 0 Å². The lowest BCUT2D eigenvalue weighted by atomic mass is 10.1. The van der Waals surface area contributed by atoms with Gasteiger partial charge in [0.1, 0.15) is 12.2 Å². The van der Waals surface area contributed by atoms with Crippen molar-refractivity contribution >= 4 is 35.6 Å². The molecule has 134 valence electrons. The van der Waals surface area contributed by atoms with Crippen LogP contribution in [0.25, 0.3) is 6.08 Å². The zero-order valence-corrected chi connectivity index (χ0v) is 14.4. The molecule has 0 radical (unpaired) electrons. The fourth-order valence-corrected chi connectivity index (χ4v) is 2.51. The maximum absolute atomic E-state index is 12.1. The normalized spacial score (nSPS) is 15.5. The standard InChI is InChI=1S/C16H17ClN2O6/c1-3-24-12-7-9(5-10(17)14(12)25-4-2)6-11-15(22)19(8-13(20)21)16(23)18-11/h5-7H,3-4,8H2,1-2H3,(H,18,23)(H,20,21)/b11-6+. The van der Waals surface area contributed by atoms with E-state index in [0.29, 0.717) is 40.2 Å². The predicted molar refractivity (Wildman–Crippen MR) is 89.6 cm³/mol. The minimum atomic E-state index is -1.28. The number of carbonyl (C=O) groups excluding carboxylic acids is 2. The first-order chi connectivity index (χ1) is 11.9. The lowest BCUT2D eigenvalue weighted by molar-refractivity contribution is -0.140. The number of hydrogen-bond donors (Lipinski definition) is 2. The number of nitrogens with one attached hydrogen (secondary N) is 1. The zero-order chi connectivity index (χ0) is 18.6. The Morgan fingerprint density at radius 2 is 1.96 bits per heavy atom. The Balaban J connectivity index is 2.36. The summed E-state index contributed by atoms with van der Waals surface area (Å²) in [5.74, 6) is -1.21. The van der Waals surface area contributed by atoms with Crippen molar-refractivity contribution in [3.63, 3.8) is 0 Å². The second kappa shape index (κ2) is 7.89. The number of ether oxygens (including phenoxy) is 2. The Hall–Kier alpha value is -2.74. The summed E-state index contributed by atoms with van der Waals surface area (Å²) in [7, 11) is 0. The van der Waals surface area contributed by atoms with Gasteiger partial charge >= 0.3 is 12.0 Å². The first-order valence-corrected chi connectivity index (χ1v) is 7.90. The van der Waals surface area contributed by atoms with Gasteiger partial charge in [-0.1, -0.05) is 11.6 Å². The molecule has 0 aromatic heterocycles. The molecule has 0 spiro atoms. The van der Waals surface area contributed by atoms with Crippen molar-refractivity contribution in [3.05, 3.63) is 28.4 Å². The number of rotatable bonds is 7. The van der Waals surface area contributed by atoms with Crippen molar-refractivity contribution < 1.29 is 29.0 Å². The van der Waals surface area contributed by atoms with E-state index in [0.717, 1.165) is 0 Å². The van der Waals surface area contributed by atoms with Crippen molar-refractivity contribution in [1.82, 2.24) is 10.2 Å². The molecule has 25 heavy (non-hydrogen) atoms. The molecule has 1 saturated heterocycles. The van der Waals surface area contributed by atoms with Gasteiger partial charge in [0.25, 0.3) is 5.91 Å². The van der Waals surface area contributed by atoms with Gasteiger partial charge < -0.3 is 19.9 Å². The highest BCUT2D eigenvalue weighted by Gasteiger charge is 2.34. The van der Waals surface area contributed by atoms with Gasteiger partial charge in [-0.25, -0.2) is 9.69 Å². The molecule has 1 aromatic carbocycles. The summed E-state index contributed by atoms with van der Waals surface area (Å²) in [6.45, 7) is 3.69. The van der Waals surface area contributed by atoms with Crippen LogP contribution in [0, 0.1) is 0 Å². The van der Waals surface area contributed by atoms with Crippen molar-refractivity contribution in [2.24, 2.45) is 0 Å². The summed E-state index contributed by atoms with van der Waals surface area (Å²) in [5, 5.41) is 11.4. The number of benzene rings is 1. The average molecular weight is 369 g/mol. The Morgan fingerprint density at radius 1 is 1.28 bits per heavy atom. The summed E-state index contributed by atoms with van der Waals surface area (Å²) in [6, 6.07) is 2.38. The molecule has 0 bridgehead atoms. The molecular formula is C16H17ClN2O6. The fourth-order valence-electron chi connectivity index (χ4n) is 2.24. The van der Waals surface area contributed by atoms with Crippen LogP contribution >= 0.6 is 11.6 Å². The van der Waals surface area contributed by atoms with E-state index < -0.39 is 24.5 Å². The second-order valence-corrected chi connectivity index (χ2v) is 5.38. The fraction of sp³-hybridized carbons (Fsp3) is 0.312. The first-order valence-electron chi connectivity index (χ1n) is 7.52. The summed E-state index contributed by atoms with van der Waals surface area (Å²) < 4.78 is 11.0. The number of imide groups is 1. The molecule has 1 aliphatic rings. The molecule has 2 N–H and O–H groups in total. The van der Waals surface area contributed by atoms with Gasteiger partial charge in [0.2, 0.25) is 0 Å². The van der Waals surface area contributed by atoms with E-state index in [1.165, 1.54) is 6.08 Å². The number of urea groups is 1. The molecule has 0 saturated carbocycles. The Labute approximate surface area is 149 Å². The predicted octanol–water partition coefficient (Wildman–Crippen LogP) is 2.11. The quantitative estimate of drug-likeness (QED) is 0.564. The molecule has 9 heteroatoms. The lowest BCUT2D eigenvalue weighted by Crippen LogP contribution is -2.35. The minimum Gasteiger partial charge on any atom is -0.490 e. The number of hydrogen-bond acceptors (Lipinski definition) is 5. The summed E-state index contributed by atoms with van der Waals surface area (Å²) in [5.41, 5.74) is 0.451. The summed E-state index contributed by atoms with van der Waals surface area (Å²) in [6.07, 6.45) is 1.40. The molecule has 8 nitrogen and oxygen atoms in total. The highest BCUT2D eigenvalue weighted by molar-refractivity contribution is 6.32. The number of carboxylic acids is 1. The van der Waals surface area contributed by atoms with Crippen molar-refractivity contribution in [1.29, 1.82) is 0 Å². The van der Waals surface area contributed by atoms with E-state index in [1.807, 2.05) is 6.92 Å². The summed E-state index contributed by atoms with van der Waals surface area (Å²) in [4.78, 5) is 35.2. The molecule has 0 unspecified atom stereocenters. The van der Waals surface area contributed by atoms with E-state index in [9.17, 15) is 14.4 Å². The first kappa shape index (κ1) is 18.6. The van der Waals surface area contributed by atoms with Crippen LogP contribution in [-0.4, -0.2) is 47.7 Å². The molecule has 1 fully saturated rings. The van der Waals surface area contributed by atoms with Crippen LogP contribution in [0.4, 0.5) is 4.79 Å². The number of carboxylic acid groups (broad SMARTS) is 1. The van der Waals surface area contributed by atoms with Crippen LogP contribution < -0.4 is 14.8 Å². The molecule has 2 rings (SSSR count). The van der Waals surface area contributed by atoms with Crippen LogP contribution in [-0.2, 0) is 9.59 Å². The minimum absolute atomic E-state index is 0.0473. The topological polar surface area (TPSA) is 105 Å². The SMILES string of the molecule is CCOc1cc(/C=C2/NC(=O)N(CC(=O)O)C2=O)cc(Cl)c1OCC.